The first-order chi connectivity index (χ1) is 17.5. The molecule has 0 bridgehead atoms. The normalized spacial score (nSPS) is 17.6. The van der Waals surface area contributed by atoms with Gasteiger partial charge in [0.2, 0.25) is 0 Å². The maximum absolute atomic E-state index is 13.9. The lowest BCUT2D eigenvalue weighted by Crippen LogP contribution is -2.46. The zero-order chi connectivity index (χ0) is 25.1. The SMILES string of the molecule is COc1ccc2cc(CN(C)CN3C(=O)N[C@](Cc4ccccc4)(c4ccccc4)C3=O)ccc2c1. The number of nitrogens with zero attached hydrogens (tertiary/aromatic N) is 2. The fraction of sp³-hybridized carbons (Fsp3) is 0.200. The average Bonchev–Trinajstić information content (AvgIpc) is 3.14. The van der Waals surface area contributed by atoms with Crippen LogP contribution < -0.4 is 10.1 Å². The second-order valence-electron chi connectivity index (χ2n) is 9.30. The molecule has 3 amide bonds. The predicted octanol–water partition coefficient (Wildman–Crippen LogP) is 4.93. The van der Waals surface area contributed by atoms with Crippen LogP contribution in [0.4, 0.5) is 4.79 Å². The summed E-state index contributed by atoms with van der Waals surface area (Å²) in [6.45, 7) is 0.782. The molecule has 1 aliphatic heterocycles. The third-order valence-electron chi connectivity index (χ3n) is 6.70. The van der Waals surface area contributed by atoms with E-state index < -0.39 is 5.54 Å². The molecule has 0 aliphatic carbocycles. The molecule has 182 valence electrons. The molecule has 6 nitrogen and oxygen atoms in total. The van der Waals surface area contributed by atoms with Gasteiger partial charge in [0.25, 0.3) is 5.91 Å². The van der Waals surface area contributed by atoms with E-state index in [1.54, 1.807) is 7.11 Å². The number of urea groups is 1. The number of ether oxygens (including phenoxy) is 1. The van der Waals surface area contributed by atoms with Crippen LogP contribution in [-0.4, -0.2) is 42.6 Å². The van der Waals surface area contributed by atoms with Gasteiger partial charge in [-0.3, -0.25) is 9.69 Å². The fourth-order valence-corrected chi connectivity index (χ4v) is 4.90. The molecule has 0 radical (unpaired) electrons. The van der Waals surface area contributed by atoms with Gasteiger partial charge in [-0.25, -0.2) is 9.69 Å². The Bertz CT molecular complexity index is 1390. The minimum atomic E-state index is -1.14. The van der Waals surface area contributed by atoms with Gasteiger partial charge in [0.05, 0.1) is 13.8 Å². The van der Waals surface area contributed by atoms with Gasteiger partial charge in [0.1, 0.15) is 5.75 Å². The van der Waals surface area contributed by atoms with Gasteiger partial charge in [-0.1, -0.05) is 78.9 Å². The second kappa shape index (κ2) is 9.84. The number of imide groups is 1. The van der Waals surface area contributed by atoms with Crippen molar-refractivity contribution in [1.82, 2.24) is 15.1 Å². The van der Waals surface area contributed by atoms with Crippen LogP contribution in [0.15, 0.2) is 97.1 Å². The van der Waals surface area contributed by atoms with Crippen LogP contribution in [0.5, 0.6) is 5.75 Å². The fourth-order valence-electron chi connectivity index (χ4n) is 4.90. The standard InChI is InChI=1S/C30H29N3O3/c1-32(20-23-13-14-25-18-27(36-2)16-15-24(25)17-23)21-33-28(34)30(31-29(33)35,26-11-7-4-8-12-26)19-22-9-5-3-6-10-22/h3-18H,19-21H2,1-2H3,(H,31,35)/t30-/m1/s1. The highest BCUT2D eigenvalue weighted by molar-refractivity contribution is 6.07. The maximum atomic E-state index is 13.9. The van der Waals surface area contributed by atoms with Crippen molar-refractivity contribution in [3.63, 3.8) is 0 Å². The number of fused-ring (bicyclic) bond motifs is 1. The Morgan fingerprint density at radius 3 is 2.22 bits per heavy atom. The van der Waals surface area contributed by atoms with Crippen molar-refractivity contribution in [1.29, 1.82) is 0 Å². The van der Waals surface area contributed by atoms with Gasteiger partial charge < -0.3 is 10.1 Å². The number of hydrogen-bond acceptors (Lipinski definition) is 4. The Morgan fingerprint density at radius 1 is 0.833 bits per heavy atom. The highest BCUT2D eigenvalue weighted by Crippen LogP contribution is 2.33. The Hall–Kier alpha value is -4.16. The molecule has 4 aromatic carbocycles. The van der Waals surface area contributed by atoms with Crippen LogP contribution in [0.25, 0.3) is 10.8 Å². The largest absolute Gasteiger partial charge is 0.497 e. The van der Waals surface area contributed by atoms with E-state index in [0.717, 1.165) is 33.2 Å². The van der Waals surface area contributed by atoms with Gasteiger partial charge in [-0.05, 0) is 52.7 Å². The number of carbonyl (C=O) groups excluding carboxylic acids is 2. The number of nitrogens with one attached hydrogen (secondary N) is 1. The van der Waals surface area contributed by atoms with E-state index in [2.05, 4.69) is 23.5 Å². The van der Waals surface area contributed by atoms with Crippen molar-refractivity contribution in [3.8, 4) is 5.75 Å². The van der Waals surface area contributed by atoms with Crippen molar-refractivity contribution < 1.29 is 14.3 Å². The summed E-state index contributed by atoms with van der Waals surface area (Å²) in [5, 5.41) is 5.25. The molecule has 6 heteroatoms. The zero-order valence-electron chi connectivity index (χ0n) is 20.5. The molecule has 1 N–H and O–H groups in total. The monoisotopic (exact) mass is 479 g/mol. The van der Waals surface area contributed by atoms with Gasteiger partial charge in [-0.2, -0.15) is 0 Å². The van der Waals surface area contributed by atoms with Gasteiger partial charge in [0, 0.05) is 13.0 Å². The Balaban J connectivity index is 1.36. The van der Waals surface area contributed by atoms with E-state index in [0.29, 0.717) is 13.0 Å². The van der Waals surface area contributed by atoms with Crippen molar-refractivity contribution in [2.75, 3.05) is 20.8 Å². The topological polar surface area (TPSA) is 61.9 Å². The molecule has 1 saturated heterocycles. The Kier molecular flexibility index (Phi) is 6.44. The molecule has 0 saturated carbocycles. The van der Waals surface area contributed by atoms with Gasteiger partial charge in [-0.15, -0.1) is 0 Å². The maximum Gasteiger partial charge on any atom is 0.326 e. The zero-order valence-corrected chi connectivity index (χ0v) is 20.5. The summed E-state index contributed by atoms with van der Waals surface area (Å²) in [6.07, 6.45) is 0.386. The first-order valence-corrected chi connectivity index (χ1v) is 12.0. The highest BCUT2D eigenvalue weighted by Gasteiger charge is 2.52. The Morgan fingerprint density at radius 2 is 1.50 bits per heavy atom. The quantitative estimate of drug-likeness (QED) is 0.364. The first-order valence-electron chi connectivity index (χ1n) is 12.0. The van der Waals surface area contributed by atoms with Crippen LogP contribution >= 0.6 is 0 Å². The molecule has 1 heterocycles. The molecule has 5 rings (SSSR count). The molecule has 0 spiro atoms. The molecular formula is C30H29N3O3. The minimum absolute atomic E-state index is 0.189. The summed E-state index contributed by atoms with van der Waals surface area (Å²) in [5.41, 5.74) is 1.73. The van der Waals surface area contributed by atoms with E-state index in [-0.39, 0.29) is 18.6 Å². The lowest BCUT2D eigenvalue weighted by Gasteiger charge is -2.28. The number of rotatable bonds is 8. The molecule has 1 fully saturated rings. The van der Waals surface area contributed by atoms with Crippen LogP contribution in [0.1, 0.15) is 16.7 Å². The lowest BCUT2D eigenvalue weighted by molar-refractivity contribution is -0.133. The summed E-state index contributed by atoms with van der Waals surface area (Å²) in [5.74, 6) is 0.586. The van der Waals surface area contributed by atoms with Crippen molar-refractivity contribution in [2.45, 2.75) is 18.5 Å². The summed E-state index contributed by atoms with van der Waals surface area (Å²) in [4.78, 5) is 30.3. The van der Waals surface area contributed by atoms with Crippen LogP contribution in [-0.2, 0) is 23.3 Å². The highest BCUT2D eigenvalue weighted by atomic mass is 16.5. The van der Waals surface area contributed by atoms with E-state index in [1.165, 1.54) is 4.90 Å². The van der Waals surface area contributed by atoms with Crippen LogP contribution in [0.3, 0.4) is 0 Å². The van der Waals surface area contributed by atoms with Gasteiger partial charge >= 0.3 is 6.03 Å². The molecule has 0 aromatic heterocycles. The molecule has 1 aliphatic rings. The third kappa shape index (κ3) is 4.55. The molecule has 4 aromatic rings. The van der Waals surface area contributed by atoms with Crippen LogP contribution in [0, 0.1) is 0 Å². The number of benzene rings is 4. The minimum Gasteiger partial charge on any atom is -0.497 e. The van der Waals surface area contributed by atoms with E-state index in [1.807, 2.05) is 90.8 Å². The molecular weight excluding hydrogens is 450 g/mol. The average molecular weight is 480 g/mol. The van der Waals surface area contributed by atoms with E-state index in [9.17, 15) is 9.59 Å². The Labute approximate surface area is 211 Å². The number of amides is 3. The molecule has 1 atom stereocenters. The third-order valence-corrected chi connectivity index (χ3v) is 6.70. The summed E-state index contributed by atoms with van der Waals surface area (Å²) in [6, 6.07) is 31.2. The van der Waals surface area contributed by atoms with Crippen molar-refractivity contribution >= 4 is 22.7 Å². The molecule has 36 heavy (non-hydrogen) atoms. The summed E-state index contributed by atoms with van der Waals surface area (Å²) >= 11 is 0. The summed E-state index contributed by atoms with van der Waals surface area (Å²) < 4.78 is 5.31. The van der Waals surface area contributed by atoms with Gasteiger partial charge in [0.15, 0.2) is 5.54 Å². The van der Waals surface area contributed by atoms with E-state index in [4.69, 9.17) is 4.74 Å². The smallest absolute Gasteiger partial charge is 0.326 e. The lowest BCUT2D eigenvalue weighted by atomic mass is 9.83. The van der Waals surface area contributed by atoms with E-state index >= 15 is 0 Å². The number of hydrogen-bond donors (Lipinski definition) is 1. The molecule has 0 unspecified atom stereocenters. The number of methoxy groups -OCH3 is 1. The number of carbonyl (C=O) groups is 2. The summed E-state index contributed by atoms with van der Waals surface area (Å²) in [7, 11) is 3.57. The van der Waals surface area contributed by atoms with Crippen molar-refractivity contribution in [3.05, 3.63) is 114 Å². The second-order valence-corrected chi connectivity index (χ2v) is 9.30. The predicted molar refractivity (Wildman–Crippen MR) is 140 cm³/mol. The van der Waals surface area contributed by atoms with Crippen LogP contribution in [0.2, 0.25) is 0 Å². The first kappa shape index (κ1) is 23.6. The van der Waals surface area contributed by atoms with Crippen molar-refractivity contribution in [2.24, 2.45) is 0 Å².